The summed E-state index contributed by atoms with van der Waals surface area (Å²) >= 11 is 0. The van der Waals surface area contributed by atoms with Crippen molar-refractivity contribution in [3.63, 3.8) is 0 Å². The van der Waals surface area contributed by atoms with Crippen LogP contribution in [0.2, 0.25) is 0 Å². The van der Waals surface area contributed by atoms with Gasteiger partial charge >= 0.3 is 0 Å². The van der Waals surface area contributed by atoms with Crippen LogP contribution in [0.1, 0.15) is 25.3 Å². The van der Waals surface area contributed by atoms with Crippen LogP contribution in [0.4, 0.5) is 0 Å². The highest BCUT2D eigenvalue weighted by molar-refractivity contribution is 5.80. The van der Waals surface area contributed by atoms with Gasteiger partial charge in [0.15, 0.2) is 6.10 Å². The second-order valence-corrected chi connectivity index (χ2v) is 6.92. The molecule has 5 nitrogen and oxygen atoms in total. The van der Waals surface area contributed by atoms with E-state index < -0.39 is 6.10 Å². The zero-order valence-corrected chi connectivity index (χ0v) is 15.9. The second-order valence-electron chi connectivity index (χ2n) is 6.92. The second kappa shape index (κ2) is 8.91. The molecule has 0 unspecified atom stereocenters. The summed E-state index contributed by atoms with van der Waals surface area (Å²) in [6.45, 7) is 3.75. The summed E-state index contributed by atoms with van der Waals surface area (Å²) < 4.78 is 16.5. The summed E-state index contributed by atoms with van der Waals surface area (Å²) in [6, 6.07) is 17.6. The van der Waals surface area contributed by atoms with Gasteiger partial charge in [-0.2, -0.15) is 0 Å². The highest BCUT2D eigenvalue weighted by Gasteiger charge is 2.35. The number of methoxy groups -OCH3 is 1. The standard InChI is InChI=1S/C22H27NO4/c1-17(27-20-10-6-9-19(15-20)25-2)21(24)23-16-22(11-13-26-14-12-22)18-7-4-3-5-8-18/h3-10,15,17H,11-14,16H2,1-2H3,(H,23,24)/t17-/m0/s1. The fourth-order valence-electron chi connectivity index (χ4n) is 3.45. The molecule has 0 spiro atoms. The lowest BCUT2D eigenvalue weighted by molar-refractivity contribution is -0.127. The monoisotopic (exact) mass is 369 g/mol. The number of carbonyl (C=O) groups excluding carboxylic acids is 1. The number of carbonyl (C=O) groups is 1. The molecule has 0 aliphatic carbocycles. The Morgan fingerprint density at radius 1 is 1.11 bits per heavy atom. The zero-order chi connectivity index (χ0) is 19.1. The molecule has 1 saturated heterocycles. The van der Waals surface area contributed by atoms with E-state index in [1.54, 1.807) is 20.1 Å². The van der Waals surface area contributed by atoms with Gasteiger partial charge in [0.25, 0.3) is 5.91 Å². The molecule has 1 amide bonds. The Bertz CT molecular complexity index is 741. The summed E-state index contributed by atoms with van der Waals surface area (Å²) in [7, 11) is 1.60. The minimum Gasteiger partial charge on any atom is -0.497 e. The normalized spacial score (nSPS) is 17.0. The SMILES string of the molecule is COc1cccc(O[C@@H](C)C(=O)NCC2(c3ccccc3)CCOCC2)c1. The van der Waals surface area contributed by atoms with E-state index in [1.807, 2.05) is 36.4 Å². The Morgan fingerprint density at radius 2 is 1.81 bits per heavy atom. The molecule has 0 radical (unpaired) electrons. The van der Waals surface area contributed by atoms with E-state index >= 15 is 0 Å². The largest absolute Gasteiger partial charge is 0.497 e. The lowest BCUT2D eigenvalue weighted by Gasteiger charge is -2.38. The van der Waals surface area contributed by atoms with E-state index in [0.29, 0.717) is 31.3 Å². The van der Waals surface area contributed by atoms with Gasteiger partial charge in [0, 0.05) is 31.2 Å². The molecule has 1 aliphatic heterocycles. The molecule has 5 heteroatoms. The molecule has 0 aromatic heterocycles. The van der Waals surface area contributed by atoms with Gasteiger partial charge in [-0.05, 0) is 37.5 Å². The molecule has 1 N–H and O–H groups in total. The van der Waals surface area contributed by atoms with Gasteiger partial charge in [-0.25, -0.2) is 0 Å². The van der Waals surface area contributed by atoms with Gasteiger partial charge in [-0.15, -0.1) is 0 Å². The van der Waals surface area contributed by atoms with E-state index in [0.717, 1.165) is 12.8 Å². The van der Waals surface area contributed by atoms with Crippen molar-refractivity contribution in [3.8, 4) is 11.5 Å². The molecule has 3 rings (SSSR count). The van der Waals surface area contributed by atoms with Crippen LogP contribution in [0.25, 0.3) is 0 Å². The summed E-state index contributed by atoms with van der Waals surface area (Å²) in [5, 5.41) is 3.09. The topological polar surface area (TPSA) is 56.8 Å². The van der Waals surface area contributed by atoms with Gasteiger partial charge in [0.2, 0.25) is 0 Å². The van der Waals surface area contributed by atoms with Crippen LogP contribution in [0.5, 0.6) is 11.5 Å². The molecule has 1 heterocycles. The highest BCUT2D eigenvalue weighted by atomic mass is 16.5. The quantitative estimate of drug-likeness (QED) is 0.813. The van der Waals surface area contributed by atoms with Crippen molar-refractivity contribution in [2.75, 3.05) is 26.9 Å². The third-order valence-electron chi connectivity index (χ3n) is 5.16. The first kappa shape index (κ1) is 19.2. The maximum atomic E-state index is 12.6. The number of rotatable bonds is 7. The van der Waals surface area contributed by atoms with Crippen LogP contribution in [-0.2, 0) is 14.9 Å². The smallest absolute Gasteiger partial charge is 0.260 e. The number of ether oxygens (including phenoxy) is 3. The Balaban J connectivity index is 1.63. The maximum Gasteiger partial charge on any atom is 0.260 e. The van der Waals surface area contributed by atoms with Gasteiger partial charge in [0.05, 0.1) is 7.11 Å². The molecule has 1 fully saturated rings. The van der Waals surface area contributed by atoms with E-state index in [2.05, 4.69) is 17.4 Å². The molecule has 2 aromatic carbocycles. The predicted octanol–water partition coefficient (Wildman–Crippen LogP) is 3.33. The molecular formula is C22H27NO4. The summed E-state index contributed by atoms with van der Waals surface area (Å²) in [5.74, 6) is 1.19. The van der Waals surface area contributed by atoms with Crippen LogP contribution >= 0.6 is 0 Å². The molecule has 1 atom stereocenters. The Labute approximate surface area is 160 Å². The average molecular weight is 369 g/mol. The van der Waals surface area contributed by atoms with E-state index in [-0.39, 0.29) is 11.3 Å². The molecular weight excluding hydrogens is 342 g/mol. The summed E-state index contributed by atoms with van der Waals surface area (Å²) in [5.41, 5.74) is 1.15. The number of amides is 1. The van der Waals surface area contributed by atoms with Crippen molar-refractivity contribution in [2.24, 2.45) is 0 Å². The number of hydrogen-bond acceptors (Lipinski definition) is 4. The number of benzene rings is 2. The molecule has 0 bridgehead atoms. The van der Waals surface area contributed by atoms with Crippen molar-refractivity contribution >= 4 is 5.91 Å². The molecule has 27 heavy (non-hydrogen) atoms. The first-order valence-corrected chi connectivity index (χ1v) is 9.35. The van der Waals surface area contributed by atoms with Crippen LogP contribution in [0.3, 0.4) is 0 Å². The van der Waals surface area contributed by atoms with Crippen molar-refractivity contribution in [1.29, 1.82) is 0 Å². The van der Waals surface area contributed by atoms with Crippen LogP contribution in [-0.4, -0.2) is 38.9 Å². The van der Waals surface area contributed by atoms with Crippen LogP contribution < -0.4 is 14.8 Å². The zero-order valence-electron chi connectivity index (χ0n) is 15.9. The Kier molecular flexibility index (Phi) is 6.35. The Morgan fingerprint density at radius 3 is 2.52 bits per heavy atom. The van der Waals surface area contributed by atoms with Crippen LogP contribution in [0, 0.1) is 0 Å². The van der Waals surface area contributed by atoms with Crippen molar-refractivity contribution < 1.29 is 19.0 Å². The number of nitrogens with one attached hydrogen (secondary N) is 1. The van der Waals surface area contributed by atoms with E-state index in [1.165, 1.54) is 5.56 Å². The summed E-state index contributed by atoms with van der Waals surface area (Å²) in [6.07, 6.45) is 1.19. The third kappa shape index (κ3) is 4.80. The fourth-order valence-corrected chi connectivity index (χ4v) is 3.45. The lowest BCUT2D eigenvalue weighted by Crippen LogP contribution is -2.47. The molecule has 1 aliphatic rings. The summed E-state index contributed by atoms with van der Waals surface area (Å²) in [4.78, 5) is 12.6. The van der Waals surface area contributed by atoms with Crippen molar-refractivity contribution in [3.05, 3.63) is 60.2 Å². The van der Waals surface area contributed by atoms with Gasteiger partial charge in [-0.1, -0.05) is 36.4 Å². The minimum atomic E-state index is -0.593. The van der Waals surface area contributed by atoms with Gasteiger partial charge in [-0.3, -0.25) is 4.79 Å². The van der Waals surface area contributed by atoms with Gasteiger partial charge in [0.1, 0.15) is 11.5 Å². The minimum absolute atomic E-state index is 0.0924. The number of hydrogen-bond donors (Lipinski definition) is 1. The fraction of sp³-hybridized carbons (Fsp3) is 0.409. The van der Waals surface area contributed by atoms with E-state index in [4.69, 9.17) is 14.2 Å². The average Bonchev–Trinajstić information content (AvgIpc) is 2.73. The van der Waals surface area contributed by atoms with E-state index in [9.17, 15) is 4.79 Å². The molecule has 2 aromatic rings. The maximum absolute atomic E-state index is 12.6. The first-order valence-electron chi connectivity index (χ1n) is 9.35. The third-order valence-corrected chi connectivity index (χ3v) is 5.16. The molecule has 0 saturated carbocycles. The predicted molar refractivity (Wildman–Crippen MR) is 104 cm³/mol. The Hall–Kier alpha value is -2.53. The lowest BCUT2D eigenvalue weighted by atomic mass is 9.74. The van der Waals surface area contributed by atoms with Crippen LogP contribution in [0.15, 0.2) is 54.6 Å². The first-order chi connectivity index (χ1) is 13.1. The highest BCUT2D eigenvalue weighted by Crippen LogP contribution is 2.34. The van der Waals surface area contributed by atoms with Crippen molar-refractivity contribution in [1.82, 2.24) is 5.32 Å². The molecule has 144 valence electrons. The van der Waals surface area contributed by atoms with Gasteiger partial charge < -0.3 is 19.5 Å². The van der Waals surface area contributed by atoms with Crippen molar-refractivity contribution in [2.45, 2.75) is 31.3 Å².